The van der Waals surface area contributed by atoms with Crippen LogP contribution in [0.4, 0.5) is 0 Å². The fraction of sp³-hybridized carbons (Fsp3) is 0.875. The van der Waals surface area contributed by atoms with E-state index in [1.807, 2.05) is 34.6 Å². The maximum Gasteiger partial charge on any atom is 0.310 e. The first-order valence-electron chi connectivity index (χ1n) is 7.43. The van der Waals surface area contributed by atoms with Gasteiger partial charge >= 0.3 is 11.9 Å². The van der Waals surface area contributed by atoms with Crippen LogP contribution in [0.15, 0.2) is 0 Å². The van der Waals surface area contributed by atoms with Crippen molar-refractivity contribution in [3.63, 3.8) is 0 Å². The molecule has 0 fully saturated rings. The van der Waals surface area contributed by atoms with Crippen LogP contribution in [0, 0.1) is 22.7 Å². The topological polar surface area (TPSA) is 74.6 Å². The van der Waals surface area contributed by atoms with Crippen LogP contribution >= 0.6 is 0 Å². The third-order valence-corrected chi connectivity index (χ3v) is 4.27. The van der Waals surface area contributed by atoms with E-state index in [0.29, 0.717) is 12.8 Å². The van der Waals surface area contributed by atoms with Crippen LogP contribution in [0.3, 0.4) is 0 Å². The van der Waals surface area contributed by atoms with Crippen LogP contribution in [0.1, 0.15) is 67.2 Å². The summed E-state index contributed by atoms with van der Waals surface area (Å²) in [5, 5.41) is 19.1. The summed E-state index contributed by atoms with van der Waals surface area (Å²) in [6.45, 7) is 11.6. The van der Waals surface area contributed by atoms with Gasteiger partial charge in [0.05, 0.1) is 11.3 Å². The van der Waals surface area contributed by atoms with E-state index in [1.54, 1.807) is 6.92 Å². The Morgan fingerprint density at radius 1 is 1.10 bits per heavy atom. The van der Waals surface area contributed by atoms with Gasteiger partial charge in [0.15, 0.2) is 0 Å². The third-order valence-electron chi connectivity index (χ3n) is 4.27. The van der Waals surface area contributed by atoms with E-state index in [1.165, 1.54) is 0 Å². The Kier molecular flexibility index (Phi) is 6.72. The molecule has 0 aliphatic carbocycles. The minimum Gasteiger partial charge on any atom is -0.481 e. The molecular formula is C16H30O4. The molecule has 0 aromatic rings. The lowest BCUT2D eigenvalue weighted by Gasteiger charge is -2.39. The van der Waals surface area contributed by atoms with Gasteiger partial charge in [0.2, 0.25) is 0 Å². The van der Waals surface area contributed by atoms with Crippen molar-refractivity contribution < 1.29 is 19.8 Å². The maximum absolute atomic E-state index is 11.8. The van der Waals surface area contributed by atoms with Gasteiger partial charge in [0.25, 0.3) is 0 Å². The van der Waals surface area contributed by atoms with Crippen molar-refractivity contribution >= 4 is 11.9 Å². The number of rotatable bonds is 8. The van der Waals surface area contributed by atoms with Crippen LogP contribution in [0.2, 0.25) is 0 Å². The van der Waals surface area contributed by atoms with Gasteiger partial charge in [-0.25, -0.2) is 0 Å². The Hall–Kier alpha value is -1.06. The first kappa shape index (κ1) is 18.9. The molecule has 118 valence electrons. The second-order valence-electron chi connectivity index (χ2n) is 7.29. The summed E-state index contributed by atoms with van der Waals surface area (Å²) in [5.41, 5.74) is -1.25. The SMILES string of the molecule is CCCCC(C(=O)O)C(C)(C(=O)O)C(C)CC(C)(C)C. The molecule has 0 saturated carbocycles. The molecule has 2 N–H and O–H groups in total. The molecule has 0 bridgehead atoms. The van der Waals surface area contributed by atoms with Gasteiger partial charge in [0, 0.05) is 0 Å². The highest BCUT2D eigenvalue weighted by molar-refractivity contribution is 5.83. The van der Waals surface area contributed by atoms with Crippen molar-refractivity contribution in [2.75, 3.05) is 0 Å². The molecule has 4 heteroatoms. The lowest BCUT2D eigenvalue weighted by molar-refractivity contribution is -0.166. The van der Waals surface area contributed by atoms with Crippen molar-refractivity contribution in [1.82, 2.24) is 0 Å². The Balaban J connectivity index is 5.43. The fourth-order valence-corrected chi connectivity index (χ4v) is 2.92. The Bertz CT molecular complexity index is 343. The van der Waals surface area contributed by atoms with Crippen LogP contribution in [0.25, 0.3) is 0 Å². The predicted molar refractivity (Wildman–Crippen MR) is 79.6 cm³/mol. The molecule has 0 rings (SSSR count). The molecular weight excluding hydrogens is 256 g/mol. The minimum atomic E-state index is -1.23. The number of unbranched alkanes of at least 4 members (excludes halogenated alkanes) is 1. The minimum absolute atomic E-state index is 0.0239. The summed E-state index contributed by atoms with van der Waals surface area (Å²) in [5.74, 6) is -3.03. The first-order valence-corrected chi connectivity index (χ1v) is 7.43. The Morgan fingerprint density at radius 2 is 1.60 bits per heavy atom. The third kappa shape index (κ3) is 4.80. The van der Waals surface area contributed by atoms with Gasteiger partial charge in [-0.05, 0) is 31.1 Å². The zero-order valence-corrected chi connectivity index (χ0v) is 13.7. The number of carbonyl (C=O) groups is 2. The second kappa shape index (κ2) is 7.09. The first-order chi connectivity index (χ1) is 8.96. The molecule has 0 aromatic heterocycles. The fourth-order valence-electron chi connectivity index (χ4n) is 2.92. The monoisotopic (exact) mass is 286 g/mol. The van der Waals surface area contributed by atoms with E-state index in [0.717, 1.165) is 12.8 Å². The molecule has 3 atom stereocenters. The maximum atomic E-state index is 11.8. The Morgan fingerprint density at radius 3 is 1.90 bits per heavy atom. The van der Waals surface area contributed by atoms with Crippen molar-refractivity contribution in [2.45, 2.75) is 67.2 Å². The summed E-state index contributed by atoms with van der Waals surface area (Å²) in [7, 11) is 0. The summed E-state index contributed by atoms with van der Waals surface area (Å²) < 4.78 is 0. The summed E-state index contributed by atoms with van der Waals surface area (Å²) in [4.78, 5) is 23.4. The van der Waals surface area contributed by atoms with Crippen molar-refractivity contribution in [3.8, 4) is 0 Å². The molecule has 0 spiro atoms. The molecule has 20 heavy (non-hydrogen) atoms. The number of hydrogen-bond donors (Lipinski definition) is 2. The summed E-state index contributed by atoms with van der Waals surface area (Å²) in [6, 6.07) is 0. The van der Waals surface area contributed by atoms with E-state index in [2.05, 4.69) is 0 Å². The molecule has 0 amide bonds. The lowest BCUT2D eigenvalue weighted by Crippen LogP contribution is -2.46. The molecule has 4 nitrogen and oxygen atoms in total. The van der Waals surface area contributed by atoms with Crippen LogP contribution in [-0.4, -0.2) is 22.2 Å². The van der Waals surface area contributed by atoms with Crippen LogP contribution in [0.5, 0.6) is 0 Å². The van der Waals surface area contributed by atoms with E-state index in [4.69, 9.17) is 0 Å². The van der Waals surface area contributed by atoms with E-state index < -0.39 is 23.3 Å². The molecule has 0 aliphatic heterocycles. The molecule has 3 unspecified atom stereocenters. The lowest BCUT2D eigenvalue weighted by atomic mass is 9.63. The van der Waals surface area contributed by atoms with Crippen LogP contribution in [-0.2, 0) is 9.59 Å². The molecule has 0 radical (unpaired) electrons. The van der Waals surface area contributed by atoms with Gasteiger partial charge in [-0.1, -0.05) is 47.5 Å². The van der Waals surface area contributed by atoms with E-state index in [-0.39, 0.29) is 11.3 Å². The highest BCUT2D eigenvalue weighted by Crippen LogP contribution is 2.44. The highest BCUT2D eigenvalue weighted by Gasteiger charge is 2.49. The van der Waals surface area contributed by atoms with Gasteiger partial charge in [-0.15, -0.1) is 0 Å². The number of aliphatic carboxylic acids is 2. The normalized spacial score (nSPS) is 18.1. The summed E-state index contributed by atoms with van der Waals surface area (Å²) >= 11 is 0. The zero-order chi connectivity index (χ0) is 16.1. The van der Waals surface area contributed by atoms with E-state index in [9.17, 15) is 19.8 Å². The Labute approximate surface area is 122 Å². The molecule has 0 heterocycles. The predicted octanol–water partition coefficient (Wildman–Crippen LogP) is 4.04. The van der Waals surface area contributed by atoms with Crippen LogP contribution < -0.4 is 0 Å². The quantitative estimate of drug-likeness (QED) is 0.706. The molecule has 0 saturated heterocycles. The van der Waals surface area contributed by atoms with E-state index >= 15 is 0 Å². The average molecular weight is 286 g/mol. The number of carboxylic acid groups (broad SMARTS) is 2. The average Bonchev–Trinajstić information content (AvgIpc) is 2.25. The van der Waals surface area contributed by atoms with Crippen molar-refractivity contribution in [1.29, 1.82) is 0 Å². The number of hydrogen-bond acceptors (Lipinski definition) is 2. The van der Waals surface area contributed by atoms with Gasteiger partial charge in [-0.3, -0.25) is 9.59 Å². The number of carboxylic acids is 2. The standard InChI is InChI=1S/C16H30O4/c1-7-8-9-12(13(17)18)16(6,14(19)20)11(2)10-15(3,4)5/h11-12H,7-10H2,1-6H3,(H,17,18)(H,19,20). The zero-order valence-electron chi connectivity index (χ0n) is 13.7. The largest absolute Gasteiger partial charge is 0.481 e. The molecule has 0 aromatic carbocycles. The van der Waals surface area contributed by atoms with Gasteiger partial charge in [-0.2, -0.15) is 0 Å². The smallest absolute Gasteiger partial charge is 0.310 e. The van der Waals surface area contributed by atoms with Crippen molar-refractivity contribution in [3.05, 3.63) is 0 Å². The highest BCUT2D eigenvalue weighted by atomic mass is 16.4. The van der Waals surface area contributed by atoms with Gasteiger partial charge in [0.1, 0.15) is 0 Å². The second-order valence-corrected chi connectivity index (χ2v) is 7.29. The van der Waals surface area contributed by atoms with Gasteiger partial charge < -0.3 is 10.2 Å². The molecule has 0 aliphatic rings. The summed E-state index contributed by atoms with van der Waals surface area (Å²) in [6.07, 6.45) is 2.71. The van der Waals surface area contributed by atoms with Crippen molar-refractivity contribution in [2.24, 2.45) is 22.7 Å².